The van der Waals surface area contributed by atoms with Gasteiger partial charge in [0.1, 0.15) is 23.3 Å². The van der Waals surface area contributed by atoms with Gasteiger partial charge in [0.15, 0.2) is 0 Å². The fourth-order valence-corrected chi connectivity index (χ4v) is 2.05. The van der Waals surface area contributed by atoms with E-state index in [1.807, 2.05) is 13.0 Å². The van der Waals surface area contributed by atoms with Crippen molar-refractivity contribution in [3.8, 4) is 23.1 Å². The number of nitriles is 1. The van der Waals surface area contributed by atoms with Crippen LogP contribution in [-0.4, -0.2) is 21.7 Å². The molecule has 0 amide bonds. The lowest BCUT2D eigenvalue weighted by Gasteiger charge is -2.11. The van der Waals surface area contributed by atoms with E-state index in [0.717, 1.165) is 6.42 Å². The minimum Gasteiger partial charge on any atom is -0.506 e. The van der Waals surface area contributed by atoms with Gasteiger partial charge in [0.05, 0.1) is 12.2 Å². The third-order valence-corrected chi connectivity index (χ3v) is 3.19. The number of aromatic nitrogens is 2. The van der Waals surface area contributed by atoms with Crippen molar-refractivity contribution in [2.75, 3.05) is 12.3 Å². The zero-order valence-electron chi connectivity index (χ0n) is 13.4. The summed E-state index contributed by atoms with van der Waals surface area (Å²) in [6.07, 6.45) is 5.34. The van der Waals surface area contributed by atoms with E-state index in [4.69, 9.17) is 15.7 Å². The summed E-state index contributed by atoms with van der Waals surface area (Å²) in [4.78, 5) is 8.37. The molecule has 0 unspecified atom stereocenters. The van der Waals surface area contributed by atoms with Gasteiger partial charge in [-0.1, -0.05) is 19.6 Å². The molecule has 6 nitrogen and oxygen atoms in total. The van der Waals surface area contributed by atoms with Gasteiger partial charge in [-0.3, -0.25) is 0 Å². The van der Waals surface area contributed by atoms with Gasteiger partial charge in [-0.15, -0.1) is 0 Å². The molecule has 24 heavy (non-hydrogen) atoms. The monoisotopic (exact) mass is 322 g/mol. The number of nitrogen functional groups attached to an aromatic ring is 1. The average molecular weight is 322 g/mol. The molecule has 0 atom stereocenters. The molecule has 6 heteroatoms. The van der Waals surface area contributed by atoms with Crippen LogP contribution in [0, 0.1) is 11.3 Å². The first-order chi connectivity index (χ1) is 11.6. The number of anilines is 1. The first-order valence-corrected chi connectivity index (χ1v) is 7.42. The Hall–Kier alpha value is -3.33. The predicted octanol–water partition coefficient (Wildman–Crippen LogP) is 3.47. The van der Waals surface area contributed by atoms with Crippen LogP contribution < -0.4 is 10.5 Å². The first-order valence-electron chi connectivity index (χ1n) is 7.42. The summed E-state index contributed by atoms with van der Waals surface area (Å²) in [5.41, 5.74) is 7.48. The van der Waals surface area contributed by atoms with E-state index in [1.54, 1.807) is 24.4 Å². The largest absolute Gasteiger partial charge is 0.506 e. The molecule has 0 aliphatic rings. The minimum absolute atomic E-state index is 0.0520. The Kier molecular flexibility index (Phi) is 5.53. The second-order valence-corrected chi connectivity index (χ2v) is 4.95. The summed E-state index contributed by atoms with van der Waals surface area (Å²) in [6.45, 7) is 6.15. The standard InChI is InChI=1S/C18H18N4O2/c1-3-5-15(23)17-14(9-13(10-19)18(20)22-17)12-6-7-16(21-11-12)24-8-4-2/h3,5-7,9,11,23H,1,4,8H2,2H3,(H2,20,22)/b15-5-. The van der Waals surface area contributed by atoms with Crippen molar-refractivity contribution >= 4 is 11.6 Å². The van der Waals surface area contributed by atoms with Crippen molar-refractivity contribution in [3.63, 3.8) is 0 Å². The molecule has 2 aromatic rings. The van der Waals surface area contributed by atoms with E-state index in [0.29, 0.717) is 23.6 Å². The van der Waals surface area contributed by atoms with Crippen LogP contribution >= 0.6 is 0 Å². The molecule has 122 valence electrons. The van der Waals surface area contributed by atoms with Gasteiger partial charge in [0, 0.05) is 23.4 Å². The molecule has 0 fully saturated rings. The van der Waals surface area contributed by atoms with Crippen LogP contribution in [0.2, 0.25) is 0 Å². The zero-order chi connectivity index (χ0) is 17.5. The molecule has 2 aromatic heterocycles. The molecule has 0 aromatic carbocycles. The molecule has 0 spiro atoms. The number of aliphatic hydroxyl groups is 1. The van der Waals surface area contributed by atoms with Gasteiger partial charge in [0.2, 0.25) is 5.88 Å². The lowest BCUT2D eigenvalue weighted by molar-refractivity contribution is 0.305. The number of ether oxygens (including phenoxy) is 1. The Morgan fingerprint density at radius 1 is 1.50 bits per heavy atom. The Morgan fingerprint density at radius 2 is 2.29 bits per heavy atom. The molecule has 0 aliphatic carbocycles. The molecular weight excluding hydrogens is 304 g/mol. The number of hydrogen-bond donors (Lipinski definition) is 2. The molecule has 3 N–H and O–H groups in total. The molecule has 2 heterocycles. The van der Waals surface area contributed by atoms with E-state index in [1.165, 1.54) is 12.2 Å². The highest BCUT2D eigenvalue weighted by Crippen LogP contribution is 2.30. The van der Waals surface area contributed by atoms with Crippen LogP contribution in [0.1, 0.15) is 24.6 Å². The Bertz CT molecular complexity index is 805. The van der Waals surface area contributed by atoms with Crippen LogP contribution in [0.4, 0.5) is 5.82 Å². The number of nitrogens with zero attached hydrogens (tertiary/aromatic N) is 3. The van der Waals surface area contributed by atoms with Crippen molar-refractivity contribution in [3.05, 3.63) is 54.4 Å². The summed E-state index contributed by atoms with van der Waals surface area (Å²) < 4.78 is 5.45. The van der Waals surface area contributed by atoms with E-state index < -0.39 is 0 Å². The second kappa shape index (κ2) is 7.79. The van der Waals surface area contributed by atoms with Crippen LogP contribution in [0.5, 0.6) is 5.88 Å². The number of pyridine rings is 2. The van der Waals surface area contributed by atoms with Crippen molar-refractivity contribution < 1.29 is 9.84 Å². The van der Waals surface area contributed by atoms with Crippen molar-refractivity contribution in [2.45, 2.75) is 13.3 Å². The highest BCUT2D eigenvalue weighted by atomic mass is 16.5. The molecule has 0 saturated heterocycles. The maximum absolute atomic E-state index is 10.2. The Balaban J connectivity index is 2.53. The lowest BCUT2D eigenvalue weighted by Crippen LogP contribution is -2.02. The maximum Gasteiger partial charge on any atom is 0.213 e. The number of allylic oxidation sites excluding steroid dienone is 2. The predicted molar refractivity (Wildman–Crippen MR) is 93.2 cm³/mol. The molecule has 0 bridgehead atoms. The van der Waals surface area contributed by atoms with E-state index in [9.17, 15) is 5.11 Å². The SMILES string of the molecule is C=C/C=C(\O)c1nc(N)c(C#N)cc1-c1ccc(OCCC)nc1. The molecule has 2 rings (SSSR count). The summed E-state index contributed by atoms with van der Waals surface area (Å²) in [5, 5.41) is 19.3. The maximum atomic E-state index is 10.2. The molecule has 0 radical (unpaired) electrons. The number of rotatable bonds is 6. The summed E-state index contributed by atoms with van der Waals surface area (Å²) in [6, 6.07) is 7.08. The van der Waals surface area contributed by atoms with Crippen LogP contribution in [0.15, 0.2) is 43.1 Å². The Labute approximate surface area is 140 Å². The van der Waals surface area contributed by atoms with Gasteiger partial charge < -0.3 is 15.6 Å². The van der Waals surface area contributed by atoms with Crippen molar-refractivity contribution in [1.29, 1.82) is 5.26 Å². The summed E-state index contributed by atoms with van der Waals surface area (Å²) in [5.74, 6) is 0.468. The molecule has 0 saturated carbocycles. The fourth-order valence-electron chi connectivity index (χ4n) is 2.05. The summed E-state index contributed by atoms with van der Waals surface area (Å²) >= 11 is 0. The van der Waals surface area contributed by atoms with E-state index in [-0.39, 0.29) is 22.8 Å². The van der Waals surface area contributed by atoms with Gasteiger partial charge >= 0.3 is 0 Å². The van der Waals surface area contributed by atoms with Gasteiger partial charge in [-0.05, 0) is 24.6 Å². The van der Waals surface area contributed by atoms with Crippen LogP contribution in [0.25, 0.3) is 16.9 Å². The number of nitrogens with two attached hydrogens (primary N) is 1. The van der Waals surface area contributed by atoms with E-state index in [2.05, 4.69) is 16.5 Å². The van der Waals surface area contributed by atoms with Gasteiger partial charge in [-0.2, -0.15) is 5.26 Å². The number of aliphatic hydroxyl groups excluding tert-OH is 1. The minimum atomic E-state index is -0.0949. The average Bonchev–Trinajstić information content (AvgIpc) is 2.60. The quantitative estimate of drug-likeness (QED) is 0.623. The lowest BCUT2D eigenvalue weighted by atomic mass is 10.0. The fraction of sp³-hybridized carbons (Fsp3) is 0.167. The van der Waals surface area contributed by atoms with Gasteiger partial charge in [-0.25, -0.2) is 9.97 Å². The van der Waals surface area contributed by atoms with Gasteiger partial charge in [0.25, 0.3) is 0 Å². The number of hydrogen-bond acceptors (Lipinski definition) is 6. The highest BCUT2D eigenvalue weighted by Gasteiger charge is 2.15. The summed E-state index contributed by atoms with van der Waals surface area (Å²) in [7, 11) is 0. The topological polar surface area (TPSA) is 105 Å². The van der Waals surface area contributed by atoms with Crippen LogP contribution in [0.3, 0.4) is 0 Å². The normalized spacial score (nSPS) is 10.9. The molecular formula is C18H18N4O2. The zero-order valence-corrected chi connectivity index (χ0v) is 13.4. The van der Waals surface area contributed by atoms with Crippen LogP contribution in [-0.2, 0) is 0 Å². The second-order valence-electron chi connectivity index (χ2n) is 4.95. The van der Waals surface area contributed by atoms with Crippen molar-refractivity contribution in [1.82, 2.24) is 9.97 Å². The highest BCUT2D eigenvalue weighted by molar-refractivity contribution is 5.79. The molecule has 0 aliphatic heterocycles. The smallest absolute Gasteiger partial charge is 0.213 e. The third kappa shape index (κ3) is 3.70. The van der Waals surface area contributed by atoms with E-state index >= 15 is 0 Å². The Morgan fingerprint density at radius 3 is 2.88 bits per heavy atom. The third-order valence-electron chi connectivity index (χ3n) is 3.19. The van der Waals surface area contributed by atoms with Crippen molar-refractivity contribution in [2.24, 2.45) is 0 Å². The first kappa shape index (κ1) is 17.0.